The predicted octanol–water partition coefficient (Wildman–Crippen LogP) is 2.71. The van der Waals surface area contributed by atoms with E-state index in [0.717, 1.165) is 12.8 Å². The van der Waals surface area contributed by atoms with Crippen LogP contribution in [0, 0.1) is 0 Å². The third-order valence-corrected chi connectivity index (χ3v) is 5.77. The number of hydrogen-bond acceptors (Lipinski definition) is 7. The van der Waals surface area contributed by atoms with Gasteiger partial charge in [-0.1, -0.05) is 17.8 Å². The average molecular weight is 426 g/mol. The van der Waals surface area contributed by atoms with E-state index < -0.39 is 0 Å². The molecule has 156 valence electrons. The molecule has 1 aliphatic heterocycles. The van der Waals surface area contributed by atoms with Crippen LogP contribution in [-0.2, 0) is 16.1 Å². The Morgan fingerprint density at radius 2 is 2.27 bits per heavy atom. The van der Waals surface area contributed by atoms with Crippen molar-refractivity contribution in [3.63, 3.8) is 0 Å². The van der Waals surface area contributed by atoms with E-state index in [2.05, 4.69) is 15.3 Å². The van der Waals surface area contributed by atoms with E-state index in [1.165, 1.54) is 11.8 Å². The van der Waals surface area contributed by atoms with Crippen molar-refractivity contribution in [3.8, 4) is 5.75 Å². The summed E-state index contributed by atoms with van der Waals surface area (Å²) in [7, 11) is 1.57. The molecule has 1 atom stereocenters. The van der Waals surface area contributed by atoms with E-state index in [9.17, 15) is 9.59 Å². The maximum atomic E-state index is 13.0. The summed E-state index contributed by atoms with van der Waals surface area (Å²) in [6, 6.07) is 10.6. The van der Waals surface area contributed by atoms with Crippen molar-refractivity contribution < 1.29 is 14.3 Å². The Hall–Kier alpha value is -2.91. The highest BCUT2D eigenvalue weighted by molar-refractivity contribution is 7.99. The molecule has 1 saturated heterocycles. The predicted molar refractivity (Wildman–Crippen MR) is 115 cm³/mol. The number of nitrogens with one attached hydrogen (secondary N) is 1. The highest BCUT2D eigenvalue weighted by Gasteiger charge is 2.21. The number of amides is 1. The first kappa shape index (κ1) is 20.4. The van der Waals surface area contributed by atoms with Gasteiger partial charge in [-0.15, -0.1) is 0 Å². The van der Waals surface area contributed by atoms with Gasteiger partial charge < -0.3 is 14.8 Å². The molecule has 0 radical (unpaired) electrons. The largest absolute Gasteiger partial charge is 0.497 e. The van der Waals surface area contributed by atoms with Gasteiger partial charge >= 0.3 is 0 Å². The second-order valence-electron chi connectivity index (χ2n) is 6.89. The topological polar surface area (TPSA) is 95.3 Å². The summed E-state index contributed by atoms with van der Waals surface area (Å²) >= 11 is 1.21. The quantitative estimate of drug-likeness (QED) is 0.458. The molecule has 8 nitrogen and oxygen atoms in total. The highest BCUT2D eigenvalue weighted by atomic mass is 32.2. The molecule has 0 saturated carbocycles. The zero-order chi connectivity index (χ0) is 20.9. The second-order valence-corrected chi connectivity index (χ2v) is 7.83. The average Bonchev–Trinajstić information content (AvgIpc) is 3.28. The maximum Gasteiger partial charge on any atom is 0.263 e. The van der Waals surface area contributed by atoms with Gasteiger partial charge in [-0.2, -0.15) is 0 Å². The summed E-state index contributed by atoms with van der Waals surface area (Å²) in [6.07, 6.45) is 3.46. The fraction of sp³-hybridized carbons (Fsp3) is 0.333. The number of nitrogens with zero attached hydrogens (tertiary/aromatic N) is 3. The molecular formula is C21H22N4O4S. The third kappa shape index (κ3) is 4.63. The molecule has 30 heavy (non-hydrogen) atoms. The van der Waals surface area contributed by atoms with Gasteiger partial charge in [0.05, 0.1) is 30.9 Å². The number of thioether (sulfide) groups is 1. The number of rotatable bonds is 7. The lowest BCUT2D eigenvalue weighted by molar-refractivity contribution is -0.113. The molecule has 3 heterocycles. The Kier molecular flexibility index (Phi) is 6.29. The van der Waals surface area contributed by atoms with Gasteiger partial charge in [-0.05, 0) is 37.1 Å². The SMILES string of the molecule is COc1cccc(NC(=O)CSc2nc3ncccc3c(=O)n2CC2CCCO2)c1. The molecule has 0 spiro atoms. The van der Waals surface area contributed by atoms with Crippen LogP contribution in [0.3, 0.4) is 0 Å². The number of carbonyl (C=O) groups excluding carboxylic acids is 1. The number of carbonyl (C=O) groups is 1. The smallest absolute Gasteiger partial charge is 0.263 e. The van der Waals surface area contributed by atoms with E-state index in [0.29, 0.717) is 40.8 Å². The van der Waals surface area contributed by atoms with E-state index in [1.807, 2.05) is 0 Å². The molecule has 0 bridgehead atoms. The molecule has 4 rings (SSSR count). The summed E-state index contributed by atoms with van der Waals surface area (Å²) in [5, 5.41) is 3.76. The van der Waals surface area contributed by atoms with Crippen LogP contribution in [0.5, 0.6) is 5.75 Å². The minimum atomic E-state index is -0.202. The van der Waals surface area contributed by atoms with Gasteiger partial charge in [0, 0.05) is 24.6 Å². The van der Waals surface area contributed by atoms with Crippen molar-refractivity contribution in [2.45, 2.75) is 30.6 Å². The third-order valence-electron chi connectivity index (χ3n) is 4.79. The zero-order valence-corrected chi connectivity index (χ0v) is 17.4. The number of methoxy groups -OCH3 is 1. The molecule has 1 fully saturated rings. The van der Waals surface area contributed by atoms with Gasteiger partial charge in [-0.25, -0.2) is 9.97 Å². The molecule has 1 amide bonds. The molecule has 3 aromatic rings. The number of hydrogen-bond donors (Lipinski definition) is 1. The lowest BCUT2D eigenvalue weighted by Crippen LogP contribution is -2.29. The fourth-order valence-corrected chi connectivity index (χ4v) is 4.12. The standard InChI is InChI=1S/C21H22N4O4S/c1-28-15-6-2-5-14(11-15)23-18(26)13-30-21-24-19-17(8-3-9-22-19)20(27)25(21)12-16-7-4-10-29-16/h2-3,5-6,8-9,11,16H,4,7,10,12-13H2,1H3,(H,23,26). The number of ether oxygens (including phenoxy) is 2. The van der Waals surface area contributed by atoms with Crippen LogP contribution in [0.15, 0.2) is 52.5 Å². The number of aromatic nitrogens is 3. The first-order valence-corrected chi connectivity index (χ1v) is 10.7. The lowest BCUT2D eigenvalue weighted by atomic mass is 10.2. The van der Waals surface area contributed by atoms with E-state index >= 15 is 0 Å². The Balaban J connectivity index is 1.54. The molecular weight excluding hydrogens is 404 g/mol. The molecule has 2 aromatic heterocycles. The van der Waals surface area contributed by atoms with Crippen molar-refractivity contribution in [1.82, 2.24) is 14.5 Å². The highest BCUT2D eigenvalue weighted by Crippen LogP contribution is 2.21. The van der Waals surface area contributed by atoms with Gasteiger partial charge in [0.25, 0.3) is 5.56 Å². The van der Waals surface area contributed by atoms with Crippen molar-refractivity contribution in [2.24, 2.45) is 0 Å². The molecule has 1 N–H and O–H groups in total. The summed E-state index contributed by atoms with van der Waals surface area (Å²) in [5.74, 6) is 0.563. The molecule has 1 unspecified atom stereocenters. The van der Waals surface area contributed by atoms with Crippen LogP contribution in [0.4, 0.5) is 5.69 Å². The molecule has 0 aliphatic carbocycles. The van der Waals surface area contributed by atoms with Gasteiger partial charge in [0.1, 0.15) is 5.75 Å². The molecule has 1 aliphatic rings. The summed E-state index contributed by atoms with van der Waals surface area (Å²) < 4.78 is 12.5. The molecule has 9 heteroatoms. The van der Waals surface area contributed by atoms with E-state index in [-0.39, 0.29) is 23.3 Å². The van der Waals surface area contributed by atoms with Crippen LogP contribution in [0.1, 0.15) is 12.8 Å². The lowest BCUT2D eigenvalue weighted by Gasteiger charge is -2.16. The van der Waals surface area contributed by atoms with Crippen LogP contribution >= 0.6 is 11.8 Å². The van der Waals surface area contributed by atoms with Gasteiger partial charge in [0.2, 0.25) is 5.91 Å². The van der Waals surface area contributed by atoms with E-state index in [4.69, 9.17) is 9.47 Å². The minimum Gasteiger partial charge on any atom is -0.497 e. The van der Waals surface area contributed by atoms with Gasteiger partial charge in [-0.3, -0.25) is 14.2 Å². The van der Waals surface area contributed by atoms with Crippen molar-refractivity contribution in [3.05, 3.63) is 52.9 Å². The minimum absolute atomic E-state index is 0.0245. The van der Waals surface area contributed by atoms with Crippen molar-refractivity contribution in [2.75, 3.05) is 24.8 Å². The number of fused-ring (bicyclic) bond motifs is 1. The number of anilines is 1. The van der Waals surface area contributed by atoms with Gasteiger partial charge in [0.15, 0.2) is 10.8 Å². The Morgan fingerprint density at radius 3 is 3.07 bits per heavy atom. The summed E-state index contributed by atoms with van der Waals surface area (Å²) in [5.41, 5.74) is 0.853. The Labute approximate surface area is 177 Å². The Bertz CT molecular complexity index is 1110. The van der Waals surface area contributed by atoms with Crippen LogP contribution in [0.2, 0.25) is 0 Å². The monoisotopic (exact) mass is 426 g/mol. The number of pyridine rings is 1. The fourth-order valence-electron chi connectivity index (χ4n) is 3.33. The first-order valence-electron chi connectivity index (χ1n) is 9.68. The van der Waals surface area contributed by atoms with Crippen molar-refractivity contribution >= 4 is 34.4 Å². The Morgan fingerprint density at radius 1 is 1.37 bits per heavy atom. The molecule has 1 aromatic carbocycles. The normalized spacial score (nSPS) is 16.0. The van der Waals surface area contributed by atoms with E-state index in [1.54, 1.807) is 54.3 Å². The van der Waals surface area contributed by atoms with Crippen molar-refractivity contribution in [1.29, 1.82) is 0 Å². The number of benzene rings is 1. The van der Waals surface area contributed by atoms with Crippen LogP contribution in [-0.4, -0.2) is 46.0 Å². The van der Waals surface area contributed by atoms with Crippen LogP contribution < -0.4 is 15.6 Å². The second kappa shape index (κ2) is 9.27. The zero-order valence-electron chi connectivity index (χ0n) is 16.5. The maximum absolute atomic E-state index is 13.0. The summed E-state index contributed by atoms with van der Waals surface area (Å²) in [6.45, 7) is 1.11. The first-order chi connectivity index (χ1) is 14.6. The summed E-state index contributed by atoms with van der Waals surface area (Å²) in [4.78, 5) is 34.3. The van der Waals surface area contributed by atoms with Crippen LogP contribution in [0.25, 0.3) is 11.0 Å².